The van der Waals surface area contributed by atoms with E-state index < -0.39 is 6.10 Å². The summed E-state index contributed by atoms with van der Waals surface area (Å²) in [7, 11) is 0. The molecule has 148 valence electrons. The summed E-state index contributed by atoms with van der Waals surface area (Å²) < 4.78 is 5.84. The van der Waals surface area contributed by atoms with Crippen LogP contribution in [0.3, 0.4) is 0 Å². The van der Waals surface area contributed by atoms with Gasteiger partial charge in [-0.1, -0.05) is 66.6 Å². The third-order valence-electron chi connectivity index (χ3n) is 4.48. The number of halogens is 1. The van der Waals surface area contributed by atoms with Gasteiger partial charge in [-0.2, -0.15) is 0 Å². The maximum atomic E-state index is 12.9. The highest BCUT2D eigenvalue weighted by Crippen LogP contribution is 2.24. The van der Waals surface area contributed by atoms with Crippen molar-refractivity contribution >= 4 is 29.0 Å². The van der Waals surface area contributed by atoms with Gasteiger partial charge >= 0.3 is 0 Å². The lowest BCUT2D eigenvalue weighted by atomic mass is 10.0. The molecule has 3 aromatic carbocycles. The first kappa shape index (κ1) is 20.6. The topological polar surface area (TPSA) is 55.4 Å². The number of carbonyl (C=O) groups excluding carboxylic acids is 2. The van der Waals surface area contributed by atoms with Crippen LogP contribution in [0.2, 0.25) is 5.02 Å². The number of hydrogen-bond acceptors (Lipinski definition) is 3. The first-order valence-electron chi connectivity index (χ1n) is 9.41. The average molecular weight is 408 g/mol. The summed E-state index contributed by atoms with van der Waals surface area (Å²) >= 11 is 6.11. The number of hydrogen-bond donors (Lipinski definition) is 1. The maximum absolute atomic E-state index is 12.9. The van der Waals surface area contributed by atoms with E-state index in [0.717, 1.165) is 5.56 Å². The summed E-state index contributed by atoms with van der Waals surface area (Å²) in [5.41, 5.74) is 2.37. The number of rotatable bonds is 7. The molecule has 0 heterocycles. The van der Waals surface area contributed by atoms with Crippen molar-refractivity contribution in [1.29, 1.82) is 0 Å². The van der Waals surface area contributed by atoms with E-state index in [1.165, 1.54) is 0 Å². The average Bonchev–Trinajstić information content (AvgIpc) is 2.74. The van der Waals surface area contributed by atoms with Crippen LogP contribution in [-0.4, -0.2) is 17.8 Å². The van der Waals surface area contributed by atoms with Crippen molar-refractivity contribution in [2.45, 2.75) is 26.4 Å². The lowest BCUT2D eigenvalue weighted by molar-refractivity contribution is -0.122. The Morgan fingerprint density at radius 2 is 1.69 bits per heavy atom. The molecule has 1 N–H and O–H groups in total. The van der Waals surface area contributed by atoms with Crippen LogP contribution in [-0.2, 0) is 4.79 Å². The Morgan fingerprint density at radius 3 is 2.34 bits per heavy atom. The molecule has 0 radical (unpaired) electrons. The smallest absolute Gasteiger partial charge is 0.265 e. The fourth-order valence-electron chi connectivity index (χ4n) is 2.87. The number of aryl methyl sites for hydroxylation is 1. The van der Waals surface area contributed by atoms with Crippen LogP contribution in [0.4, 0.5) is 5.69 Å². The minimum atomic E-state index is -0.687. The van der Waals surface area contributed by atoms with Gasteiger partial charge in [0.05, 0.1) is 5.69 Å². The van der Waals surface area contributed by atoms with Gasteiger partial charge in [0.2, 0.25) is 0 Å². The fourth-order valence-corrected chi connectivity index (χ4v) is 3.05. The normalized spacial score (nSPS) is 11.6. The van der Waals surface area contributed by atoms with Gasteiger partial charge in [0, 0.05) is 16.1 Å². The second-order valence-corrected chi connectivity index (χ2v) is 7.14. The van der Waals surface area contributed by atoms with Gasteiger partial charge in [0.1, 0.15) is 5.75 Å². The first-order chi connectivity index (χ1) is 14.0. The van der Waals surface area contributed by atoms with E-state index in [9.17, 15) is 9.59 Å². The fraction of sp³-hybridized carbons (Fsp3) is 0.167. The molecule has 0 aromatic heterocycles. The molecule has 3 aromatic rings. The SMILES string of the molecule is CC[C@H](Oc1ccc(C)cc1)C(=O)Nc1ccc(Cl)cc1C(=O)c1ccccc1. The molecule has 0 aliphatic rings. The zero-order valence-electron chi connectivity index (χ0n) is 16.3. The molecular formula is C24H22ClNO3. The Kier molecular flexibility index (Phi) is 6.68. The number of carbonyl (C=O) groups is 2. The van der Waals surface area contributed by atoms with E-state index >= 15 is 0 Å². The van der Waals surface area contributed by atoms with Crippen molar-refractivity contribution in [3.05, 3.63) is 94.5 Å². The Balaban J connectivity index is 1.82. The number of ketones is 1. The molecule has 0 aliphatic carbocycles. The monoisotopic (exact) mass is 407 g/mol. The van der Waals surface area contributed by atoms with E-state index in [1.54, 1.807) is 42.5 Å². The number of benzene rings is 3. The maximum Gasteiger partial charge on any atom is 0.265 e. The second-order valence-electron chi connectivity index (χ2n) is 6.70. The van der Waals surface area contributed by atoms with E-state index in [1.807, 2.05) is 44.2 Å². The molecule has 5 heteroatoms. The van der Waals surface area contributed by atoms with Crippen LogP contribution in [0.25, 0.3) is 0 Å². The van der Waals surface area contributed by atoms with Crippen LogP contribution >= 0.6 is 11.6 Å². The van der Waals surface area contributed by atoms with Gasteiger partial charge in [-0.25, -0.2) is 0 Å². The zero-order valence-corrected chi connectivity index (χ0v) is 17.1. The number of nitrogens with one attached hydrogen (secondary N) is 1. The first-order valence-corrected chi connectivity index (χ1v) is 9.79. The highest BCUT2D eigenvalue weighted by Gasteiger charge is 2.22. The molecular weight excluding hydrogens is 386 g/mol. The number of amides is 1. The van der Waals surface area contributed by atoms with Crippen molar-refractivity contribution in [2.75, 3.05) is 5.32 Å². The third kappa shape index (κ3) is 5.24. The highest BCUT2D eigenvalue weighted by molar-refractivity contribution is 6.31. The van der Waals surface area contributed by atoms with Crippen molar-refractivity contribution in [3.8, 4) is 5.75 Å². The summed E-state index contributed by atoms with van der Waals surface area (Å²) in [4.78, 5) is 25.8. The van der Waals surface area contributed by atoms with Gasteiger partial charge in [-0.05, 0) is 43.7 Å². The van der Waals surface area contributed by atoms with E-state index in [4.69, 9.17) is 16.3 Å². The van der Waals surface area contributed by atoms with E-state index in [-0.39, 0.29) is 11.7 Å². The molecule has 1 amide bonds. The molecule has 29 heavy (non-hydrogen) atoms. The summed E-state index contributed by atoms with van der Waals surface area (Å²) in [6.07, 6.45) is -0.206. The zero-order chi connectivity index (χ0) is 20.8. The van der Waals surface area contributed by atoms with Gasteiger partial charge in [-0.15, -0.1) is 0 Å². The predicted octanol–water partition coefficient (Wildman–Crippen LogP) is 5.68. The second kappa shape index (κ2) is 9.39. The molecule has 0 fully saturated rings. The van der Waals surface area contributed by atoms with Crippen LogP contribution < -0.4 is 10.1 Å². The molecule has 0 spiro atoms. The summed E-state index contributed by atoms with van der Waals surface area (Å²) in [6, 6.07) is 21.2. The molecule has 0 unspecified atom stereocenters. The van der Waals surface area contributed by atoms with E-state index in [0.29, 0.717) is 34.0 Å². The lowest BCUT2D eigenvalue weighted by Crippen LogP contribution is -2.33. The predicted molar refractivity (Wildman–Crippen MR) is 116 cm³/mol. The van der Waals surface area contributed by atoms with Crippen LogP contribution in [0, 0.1) is 6.92 Å². The summed E-state index contributed by atoms with van der Waals surface area (Å²) in [6.45, 7) is 3.86. The molecule has 3 rings (SSSR count). The largest absolute Gasteiger partial charge is 0.481 e. The summed E-state index contributed by atoms with van der Waals surface area (Å²) in [5, 5.41) is 3.25. The molecule has 4 nitrogen and oxygen atoms in total. The Morgan fingerprint density at radius 1 is 1.00 bits per heavy atom. The Bertz CT molecular complexity index is 1000. The minimum absolute atomic E-state index is 0.212. The minimum Gasteiger partial charge on any atom is -0.481 e. The van der Waals surface area contributed by atoms with Gasteiger partial charge in [0.15, 0.2) is 11.9 Å². The molecule has 1 atom stereocenters. The van der Waals surface area contributed by atoms with Crippen molar-refractivity contribution in [1.82, 2.24) is 0 Å². The Labute approximate surface area is 175 Å². The molecule has 0 bridgehead atoms. The van der Waals surface area contributed by atoms with Crippen LogP contribution in [0.5, 0.6) is 5.75 Å². The summed E-state index contributed by atoms with van der Waals surface area (Å²) in [5.74, 6) is 0.0858. The van der Waals surface area contributed by atoms with E-state index in [2.05, 4.69) is 5.32 Å². The number of anilines is 1. The van der Waals surface area contributed by atoms with Gasteiger partial charge in [0.25, 0.3) is 5.91 Å². The molecule has 0 saturated carbocycles. The van der Waals surface area contributed by atoms with Crippen molar-refractivity contribution < 1.29 is 14.3 Å². The third-order valence-corrected chi connectivity index (χ3v) is 4.72. The van der Waals surface area contributed by atoms with Crippen molar-refractivity contribution in [2.24, 2.45) is 0 Å². The standard InChI is InChI=1S/C24H22ClNO3/c1-3-22(29-19-12-9-16(2)10-13-19)24(28)26-21-14-11-18(25)15-20(21)23(27)17-7-5-4-6-8-17/h4-15,22H,3H2,1-2H3,(H,26,28)/t22-/m0/s1. The Hall–Kier alpha value is -3.11. The molecule has 0 saturated heterocycles. The van der Waals surface area contributed by atoms with Gasteiger partial charge in [-0.3, -0.25) is 9.59 Å². The quantitative estimate of drug-likeness (QED) is 0.513. The van der Waals surface area contributed by atoms with Crippen LogP contribution in [0.1, 0.15) is 34.8 Å². The number of ether oxygens (including phenoxy) is 1. The van der Waals surface area contributed by atoms with Crippen molar-refractivity contribution in [3.63, 3.8) is 0 Å². The lowest BCUT2D eigenvalue weighted by Gasteiger charge is -2.18. The molecule has 0 aliphatic heterocycles. The van der Waals surface area contributed by atoms with Gasteiger partial charge < -0.3 is 10.1 Å². The van der Waals surface area contributed by atoms with Crippen LogP contribution in [0.15, 0.2) is 72.8 Å². The highest BCUT2D eigenvalue weighted by atomic mass is 35.5.